The van der Waals surface area contributed by atoms with E-state index in [2.05, 4.69) is 14.8 Å². The summed E-state index contributed by atoms with van der Waals surface area (Å²) in [4.78, 5) is 33.8. The average molecular weight is 412 g/mol. The third kappa shape index (κ3) is 3.58. The molecule has 1 aliphatic carbocycles. The number of fused-ring (bicyclic) bond motifs is 4. The van der Waals surface area contributed by atoms with Crippen molar-refractivity contribution in [1.82, 2.24) is 9.88 Å². The minimum atomic E-state index is -0.915. The Kier molecular flexibility index (Phi) is 5.42. The molecule has 6 nitrogen and oxygen atoms in total. The topological polar surface area (TPSA) is 73.7 Å². The molecule has 1 aromatic heterocycles. The Bertz CT molecular complexity index is 807. The van der Waals surface area contributed by atoms with Crippen molar-refractivity contribution in [2.45, 2.75) is 76.3 Å². The number of rotatable bonds is 4. The third-order valence-corrected chi connectivity index (χ3v) is 8.11. The molecule has 1 aromatic rings. The predicted octanol–water partition coefficient (Wildman–Crippen LogP) is 3.96. The van der Waals surface area contributed by atoms with Crippen molar-refractivity contribution >= 4 is 17.7 Å². The van der Waals surface area contributed by atoms with E-state index in [4.69, 9.17) is 0 Å². The first-order chi connectivity index (χ1) is 14.6. The molecule has 1 saturated carbocycles. The molecule has 4 aliphatic rings. The number of aromatic nitrogens is 1. The van der Waals surface area contributed by atoms with Gasteiger partial charge in [-0.15, -0.1) is 0 Å². The van der Waals surface area contributed by atoms with Crippen LogP contribution in [0.1, 0.15) is 74.6 Å². The Morgan fingerprint density at radius 1 is 1.10 bits per heavy atom. The van der Waals surface area contributed by atoms with Crippen molar-refractivity contribution in [1.29, 1.82) is 0 Å². The fourth-order valence-electron chi connectivity index (χ4n) is 6.83. The number of carboxylic acid groups (broad SMARTS) is 1. The minimum Gasteiger partial charge on any atom is -0.478 e. The van der Waals surface area contributed by atoms with Gasteiger partial charge in [0, 0.05) is 37.8 Å². The quantitative estimate of drug-likeness (QED) is 0.812. The molecule has 1 N–H and O–H groups in total. The predicted molar refractivity (Wildman–Crippen MR) is 114 cm³/mol. The van der Waals surface area contributed by atoms with Crippen LogP contribution in [-0.4, -0.2) is 52.0 Å². The lowest BCUT2D eigenvalue weighted by atomic mass is 9.69. The Morgan fingerprint density at radius 3 is 2.70 bits per heavy atom. The zero-order chi connectivity index (χ0) is 20.7. The Hall–Kier alpha value is -2.11. The van der Waals surface area contributed by atoms with Crippen molar-refractivity contribution in [2.75, 3.05) is 18.0 Å². The lowest BCUT2D eigenvalue weighted by Crippen LogP contribution is -2.65. The van der Waals surface area contributed by atoms with E-state index in [9.17, 15) is 14.7 Å². The molecule has 6 heteroatoms. The summed E-state index contributed by atoms with van der Waals surface area (Å²) in [5.74, 6) is 1.61. The molecule has 1 amide bonds. The zero-order valence-electron chi connectivity index (χ0n) is 17.7. The highest BCUT2D eigenvalue weighted by Gasteiger charge is 2.50. The van der Waals surface area contributed by atoms with E-state index in [1.165, 1.54) is 32.1 Å². The molecule has 4 heterocycles. The molecular weight excluding hydrogens is 378 g/mol. The number of hydrogen-bond acceptors (Lipinski definition) is 4. The summed E-state index contributed by atoms with van der Waals surface area (Å²) < 4.78 is 0. The molecule has 0 radical (unpaired) electrons. The molecule has 0 spiro atoms. The molecule has 0 unspecified atom stereocenters. The van der Waals surface area contributed by atoms with E-state index in [0.717, 1.165) is 44.7 Å². The van der Waals surface area contributed by atoms with Crippen molar-refractivity contribution < 1.29 is 14.7 Å². The second-order valence-electron chi connectivity index (χ2n) is 9.91. The van der Waals surface area contributed by atoms with Gasteiger partial charge in [-0.25, -0.2) is 9.78 Å². The molecule has 4 atom stereocenters. The molecule has 0 aromatic carbocycles. The first-order valence-electron chi connectivity index (χ1n) is 11.9. The summed E-state index contributed by atoms with van der Waals surface area (Å²) in [6, 6.07) is 3.98. The lowest BCUT2D eigenvalue weighted by Gasteiger charge is -2.57. The van der Waals surface area contributed by atoms with Gasteiger partial charge < -0.3 is 14.9 Å². The van der Waals surface area contributed by atoms with Gasteiger partial charge >= 0.3 is 5.97 Å². The SMILES string of the molecule is O=C(O)c1cccnc1N1C[C@H]2C[C@@H](C1)[C@H](CC1CCCCC1)N1C(=O)CCC[C@@H]21. The van der Waals surface area contributed by atoms with Crippen LogP contribution in [0.4, 0.5) is 5.82 Å². The maximum absolute atomic E-state index is 13.0. The van der Waals surface area contributed by atoms with Crippen LogP contribution in [-0.2, 0) is 4.79 Å². The van der Waals surface area contributed by atoms with Gasteiger partial charge in [0.25, 0.3) is 0 Å². The second-order valence-corrected chi connectivity index (χ2v) is 9.91. The normalized spacial score (nSPS) is 32.1. The van der Waals surface area contributed by atoms with E-state index in [0.29, 0.717) is 42.1 Å². The van der Waals surface area contributed by atoms with Crippen LogP contribution in [0.15, 0.2) is 18.3 Å². The monoisotopic (exact) mass is 411 g/mol. The van der Waals surface area contributed by atoms with Crippen LogP contribution in [0.25, 0.3) is 0 Å². The van der Waals surface area contributed by atoms with Crippen LogP contribution in [0.3, 0.4) is 0 Å². The highest BCUT2D eigenvalue weighted by molar-refractivity contribution is 5.93. The Labute approximate surface area is 178 Å². The molecule has 162 valence electrons. The van der Waals surface area contributed by atoms with E-state index in [1.807, 2.05) is 0 Å². The maximum atomic E-state index is 13.0. The van der Waals surface area contributed by atoms with Crippen LogP contribution in [0.5, 0.6) is 0 Å². The standard InChI is InChI=1S/C24H33N3O3/c28-22-10-4-9-20-17-13-18(21(27(20)22)12-16-6-2-1-3-7-16)15-26(14-17)23-19(24(29)30)8-5-11-25-23/h5,8,11,16-18,20-21H,1-4,6-7,9-10,12-15H2,(H,29,30)/t17-,18+,20+,21+/m1/s1. The van der Waals surface area contributed by atoms with Gasteiger partial charge in [0.05, 0.1) is 0 Å². The molecule has 3 aliphatic heterocycles. The number of carbonyl (C=O) groups excluding carboxylic acids is 1. The molecule has 30 heavy (non-hydrogen) atoms. The van der Waals surface area contributed by atoms with Gasteiger partial charge in [-0.3, -0.25) is 4.79 Å². The molecule has 2 bridgehead atoms. The van der Waals surface area contributed by atoms with Crippen molar-refractivity contribution in [3.8, 4) is 0 Å². The molecule has 4 fully saturated rings. The van der Waals surface area contributed by atoms with E-state index in [1.54, 1.807) is 18.3 Å². The van der Waals surface area contributed by atoms with Gasteiger partial charge in [-0.05, 0) is 55.6 Å². The number of carbonyl (C=O) groups is 2. The number of anilines is 1. The number of amides is 1. The summed E-state index contributed by atoms with van der Waals surface area (Å²) in [7, 11) is 0. The fraction of sp³-hybridized carbons (Fsp3) is 0.708. The smallest absolute Gasteiger partial charge is 0.339 e. The van der Waals surface area contributed by atoms with E-state index in [-0.39, 0.29) is 5.56 Å². The van der Waals surface area contributed by atoms with Crippen LogP contribution in [0, 0.1) is 17.8 Å². The molecule has 5 rings (SSSR count). The maximum Gasteiger partial charge on any atom is 0.339 e. The summed E-state index contributed by atoms with van der Waals surface area (Å²) >= 11 is 0. The molecular formula is C24H33N3O3. The first kappa shape index (κ1) is 19.8. The van der Waals surface area contributed by atoms with Crippen molar-refractivity contribution in [2.24, 2.45) is 17.8 Å². The summed E-state index contributed by atoms with van der Waals surface area (Å²) in [6.45, 7) is 1.61. The molecule has 3 saturated heterocycles. The number of carboxylic acids is 1. The number of aromatic carboxylic acids is 1. The van der Waals surface area contributed by atoms with Gasteiger partial charge in [-0.2, -0.15) is 0 Å². The van der Waals surface area contributed by atoms with Crippen LogP contribution >= 0.6 is 0 Å². The van der Waals surface area contributed by atoms with Crippen LogP contribution < -0.4 is 4.90 Å². The number of hydrogen-bond donors (Lipinski definition) is 1. The Morgan fingerprint density at radius 2 is 1.90 bits per heavy atom. The number of pyridine rings is 1. The average Bonchev–Trinajstić information content (AvgIpc) is 2.77. The van der Waals surface area contributed by atoms with Crippen molar-refractivity contribution in [3.05, 3.63) is 23.9 Å². The first-order valence-corrected chi connectivity index (χ1v) is 11.9. The van der Waals surface area contributed by atoms with Gasteiger partial charge in [-0.1, -0.05) is 32.1 Å². The second kappa shape index (κ2) is 8.20. The summed E-state index contributed by atoms with van der Waals surface area (Å²) in [6.07, 6.45) is 13.4. The highest BCUT2D eigenvalue weighted by atomic mass is 16.4. The van der Waals surface area contributed by atoms with Crippen LogP contribution in [0.2, 0.25) is 0 Å². The lowest BCUT2D eigenvalue weighted by molar-refractivity contribution is -0.149. The van der Waals surface area contributed by atoms with Crippen molar-refractivity contribution in [3.63, 3.8) is 0 Å². The van der Waals surface area contributed by atoms with E-state index < -0.39 is 5.97 Å². The number of nitrogens with zero attached hydrogens (tertiary/aromatic N) is 3. The summed E-state index contributed by atoms with van der Waals surface area (Å²) in [5.41, 5.74) is 0.290. The third-order valence-electron chi connectivity index (χ3n) is 8.11. The minimum absolute atomic E-state index is 0.290. The highest BCUT2D eigenvalue weighted by Crippen LogP contribution is 2.45. The Balaban J connectivity index is 1.44. The van der Waals surface area contributed by atoms with E-state index >= 15 is 0 Å². The van der Waals surface area contributed by atoms with Gasteiger partial charge in [0.15, 0.2) is 0 Å². The van der Waals surface area contributed by atoms with Gasteiger partial charge in [0.1, 0.15) is 11.4 Å². The number of piperidine rings is 3. The summed E-state index contributed by atoms with van der Waals surface area (Å²) in [5, 5.41) is 9.67. The fourth-order valence-corrected chi connectivity index (χ4v) is 6.83. The van der Waals surface area contributed by atoms with Gasteiger partial charge in [0.2, 0.25) is 5.91 Å². The zero-order valence-corrected chi connectivity index (χ0v) is 17.7. The largest absolute Gasteiger partial charge is 0.478 e.